The van der Waals surface area contributed by atoms with Gasteiger partial charge in [-0.2, -0.15) is 0 Å². The molecule has 0 heterocycles. The van der Waals surface area contributed by atoms with Gasteiger partial charge in [-0.1, -0.05) is 49.1 Å². The highest BCUT2D eigenvalue weighted by molar-refractivity contribution is 5.95. The van der Waals surface area contributed by atoms with Crippen molar-refractivity contribution in [3.8, 4) is 5.75 Å². The molecule has 1 amide bonds. The zero-order valence-electron chi connectivity index (χ0n) is 10.5. The SMILES string of the molecule is C=Cc1ccc(COc2ccccc2C(N)=O)cc1. The molecule has 0 atom stereocenters. The lowest BCUT2D eigenvalue weighted by Crippen LogP contribution is -2.12. The average Bonchev–Trinajstić information content (AvgIpc) is 2.46. The zero-order chi connectivity index (χ0) is 13.7. The van der Waals surface area contributed by atoms with Crippen LogP contribution in [0.2, 0.25) is 0 Å². The highest BCUT2D eigenvalue weighted by Gasteiger charge is 2.08. The van der Waals surface area contributed by atoms with E-state index in [0.717, 1.165) is 11.1 Å². The average molecular weight is 253 g/mol. The number of hydrogen-bond acceptors (Lipinski definition) is 2. The maximum absolute atomic E-state index is 11.2. The summed E-state index contributed by atoms with van der Waals surface area (Å²) >= 11 is 0. The van der Waals surface area contributed by atoms with Crippen LogP contribution in [0.25, 0.3) is 6.08 Å². The van der Waals surface area contributed by atoms with E-state index in [4.69, 9.17) is 10.5 Å². The quantitative estimate of drug-likeness (QED) is 0.890. The summed E-state index contributed by atoms with van der Waals surface area (Å²) in [6.45, 7) is 4.09. The number of carbonyl (C=O) groups is 1. The van der Waals surface area contributed by atoms with E-state index in [1.165, 1.54) is 0 Å². The van der Waals surface area contributed by atoms with E-state index in [1.54, 1.807) is 24.3 Å². The van der Waals surface area contributed by atoms with Gasteiger partial charge in [0, 0.05) is 0 Å². The number of para-hydroxylation sites is 1. The van der Waals surface area contributed by atoms with Gasteiger partial charge in [0.2, 0.25) is 0 Å². The first-order valence-corrected chi connectivity index (χ1v) is 5.93. The van der Waals surface area contributed by atoms with Crippen LogP contribution >= 0.6 is 0 Å². The Hall–Kier alpha value is -2.55. The van der Waals surface area contributed by atoms with Crippen LogP contribution in [-0.2, 0) is 6.61 Å². The fourth-order valence-corrected chi connectivity index (χ4v) is 1.71. The molecule has 0 saturated carbocycles. The summed E-state index contributed by atoms with van der Waals surface area (Å²) in [6.07, 6.45) is 1.78. The Labute approximate surface area is 112 Å². The van der Waals surface area contributed by atoms with Crippen molar-refractivity contribution in [2.24, 2.45) is 5.73 Å². The fraction of sp³-hybridized carbons (Fsp3) is 0.0625. The highest BCUT2D eigenvalue weighted by Crippen LogP contribution is 2.19. The first kappa shape index (κ1) is 12.9. The molecule has 0 aromatic heterocycles. The van der Waals surface area contributed by atoms with Crippen LogP contribution in [0.1, 0.15) is 21.5 Å². The molecule has 96 valence electrons. The lowest BCUT2D eigenvalue weighted by molar-refractivity contribution is 0.0996. The molecule has 0 aliphatic heterocycles. The summed E-state index contributed by atoms with van der Waals surface area (Å²) in [5, 5.41) is 0. The predicted molar refractivity (Wildman–Crippen MR) is 75.8 cm³/mol. The smallest absolute Gasteiger partial charge is 0.252 e. The summed E-state index contributed by atoms with van der Waals surface area (Å²) in [5.74, 6) is 0.0143. The summed E-state index contributed by atoms with van der Waals surface area (Å²) in [7, 11) is 0. The molecule has 0 spiro atoms. The van der Waals surface area contributed by atoms with Crippen molar-refractivity contribution < 1.29 is 9.53 Å². The Morgan fingerprint density at radius 2 is 1.84 bits per heavy atom. The standard InChI is InChI=1S/C16H15NO2/c1-2-12-7-9-13(10-8-12)11-19-15-6-4-3-5-14(15)16(17)18/h2-10H,1,11H2,(H2,17,18). The number of hydrogen-bond donors (Lipinski definition) is 1. The van der Waals surface area contributed by atoms with Gasteiger partial charge in [0.15, 0.2) is 0 Å². The van der Waals surface area contributed by atoms with Crippen LogP contribution in [0.15, 0.2) is 55.1 Å². The van der Waals surface area contributed by atoms with E-state index in [2.05, 4.69) is 6.58 Å². The van der Waals surface area contributed by atoms with E-state index in [-0.39, 0.29) is 0 Å². The molecule has 2 aromatic rings. The molecule has 0 fully saturated rings. The number of rotatable bonds is 5. The summed E-state index contributed by atoms with van der Waals surface area (Å²) in [4.78, 5) is 11.2. The van der Waals surface area contributed by atoms with Crippen molar-refractivity contribution in [1.29, 1.82) is 0 Å². The second kappa shape index (κ2) is 5.87. The molecule has 0 bridgehead atoms. The van der Waals surface area contributed by atoms with Gasteiger partial charge in [0.1, 0.15) is 12.4 Å². The van der Waals surface area contributed by atoms with Gasteiger partial charge in [-0.3, -0.25) is 4.79 Å². The molecule has 0 saturated heterocycles. The molecule has 2 aromatic carbocycles. The van der Waals surface area contributed by atoms with Gasteiger partial charge in [0.05, 0.1) is 5.56 Å². The topological polar surface area (TPSA) is 52.3 Å². The molecule has 3 heteroatoms. The van der Waals surface area contributed by atoms with Crippen LogP contribution < -0.4 is 10.5 Å². The molecular weight excluding hydrogens is 238 g/mol. The van der Waals surface area contributed by atoms with Crippen molar-refractivity contribution in [2.45, 2.75) is 6.61 Å². The van der Waals surface area contributed by atoms with Gasteiger partial charge < -0.3 is 10.5 Å². The van der Waals surface area contributed by atoms with Crippen LogP contribution in [-0.4, -0.2) is 5.91 Å². The second-order valence-corrected chi connectivity index (χ2v) is 4.09. The molecule has 0 unspecified atom stereocenters. The van der Waals surface area contributed by atoms with Crippen LogP contribution in [0.4, 0.5) is 0 Å². The van der Waals surface area contributed by atoms with Gasteiger partial charge in [-0.25, -0.2) is 0 Å². The molecule has 0 aliphatic carbocycles. The normalized spacial score (nSPS) is 9.89. The van der Waals surface area contributed by atoms with Crippen molar-refractivity contribution in [2.75, 3.05) is 0 Å². The minimum absolute atomic E-state index is 0.391. The summed E-state index contributed by atoms with van der Waals surface area (Å²) in [6, 6.07) is 14.8. The third kappa shape index (κ3) is 3.22. The first-order chi connectivity index (χ1) is 9.20. The maximum Gasteiger partial charge on any atom is 0.252 e. The van der Waals surface area contributed by atoms with Crippen LogP contribution in [0.5, 0.6) is 5.75 Å². The maximum atomic E-state index is 11.2. The number of amides is 1. The predicted octanol–water partition coefficient (Wildman–Crippen LogP) is 3.01. The number of benzene rings is 2. The molecule has 19 heavy (non-hydrogen) atoms. The van der Waals surface area contributed by atoms with Crippen molar-refractivity contribution in [3.05, 3.63) is 71.8 Å². The summed E-state index contributed by atoms with van der Waals surface area (Å²) < 4.78 is 5.63. The Balaban J connectivity index is 2.09. The second-order valence-electron chi connectivity index (χ2n) is 4.09. The first-order valence-electron chi connectivity index (χ1n) is 5.93. The van der Waals surface area contributed by atoms with Crippen LogP contribution in [0.3, 0.4) is 0 Å². The fourth-order valence-electron chi connectivity index (χ4n) is 1.71. The Morgan fingerprint density at radius 3 is 2.47 bits per heavy atom. The number of carbonyl (C=O) groups excluding carboxylic acids is 1. The van der Waals surface area contributed by atoms with Crippen molar-refractivity contribution in [1.82, 2.24) is 0 Å². The number of ether oxygens (including phenoxy) is 1. The van der Waals surface area contributed by atoms with Crippen molar-refractivity contribution >= 4 is 12.0 Å². The van der Waals surface area contributed by atoms with E-state index < -0.39 is 5.91 Å². The Bertz CT molecular complexity index is 588. The van der Waals surface area contributed by atoms with Gasteiger partial charge in [-0.05, 0) is 23.3 Å². The molecule has 2 rings (SSSR count). The van der Waals surface area contributed by atoms with Gasteiger partial charge in [-0.15, -0.1) is 0 Å². The molecule has 0 radical (unpaired) electrons. The number of primary amides is 1. The Kier molecular flexibility index (Phi) is 3.98. The van der Waals surface area contributed by atoms with Crippen molar-refractivity contribution in [3.63, 3.8) is 0 Å². The van der Waals surface area contributed by atoms with E-state index in [0.29, 0.717) is 17.9 Å². The highest BCUT2D eigenvalue weighted by atomic mass is 16.5. The minimum atomic E-state index is -0.488. The summed E-state index contributed by atoms with van der Waals surface area (Å²) in [5.41, 5.74) is 7.76. The van der Waals surface area contributed by atoms with Gasteiger partial charge >= 0.3 is 0 Å². The van der Waals surface area contributed by atoms with Gasteiger partial charge in [0.25, 0.3) is 5.91 Å². The van der Waals surface area contributed by atoms with E-state index in [1.807, 2.05) is 30.3 Å². The van der Waals surface area contributed by atoms with Crippen LogP contribution in [0, 0.1) is 0 Å². The minimum Gasteiger partial charge on any atom is -0.488 e. The lowest BCUT2D eigenvalue weighted by atomic mass is 10.1. The molecule has 0 aliphatic rings. The zero-order valence-corrected chi connectivity index (χ0v) is 10.5. The third-order valence-corrected chi connectivity index (χ3v) is 2.76. The largest absolute Gasteiger partial charge is 0.488 e. The molecule has 3 nitrogen and oxygen atoms in total. The molecular formula is C16H15NO2. The van der Waals surface area contributed by atoms with E-state index in [9.17, 15) is 4.79 Å². The number of nitrogens with two attached hydrogens (primary N) is 1. The third-order valence-electron chi connectivity index (χ3n) is 2.76. The molecule has 2 N–H and O–H groups in total. The monoisotopic (exact) mass is 253 g/mol. The van der Waals surface area contributed by atoms with E-state index >= 15 is 0 Å². The lowest BCUT2D eigenvalue weighted by Gasteiger charge is -2.09. The Morgan fingerprint density at radius 1 is 1.16 bits per heavy atom.